The van der Waals surface area contributed by atoms with Gasteiger partial charge in [0.1, 0.15) is 6.04 Å². The molecule has 0 aromatic heterocycles. The van der Waals surface area contributed by atoms with Crippen LogP contribution in [0.25, 0.3) is 0 Å². The van der Waals surface area contributed by atoms with Gasteiger partial charge in [-0.2, -0.15) is 13.1 Å². The van der Waals surface area contributed by atoms with Gasteiger partial charge in [0, 0.05) is 10.7 Å². The van der Waals surface area contributed by atoms with Crippen LogP contribution in [-0.2, 0) is 33.9 Å². The van der Waals surface area contributed by atoms with Gasteiger partial charge in [-0.3, -0.25) is 8.98 Å². The number of nitrogens with one attached hydrogen (secondary N) is 2. The molecule has 0 spiro atoms. The summed E-state index contributed by atoms with van der Waals surface area (Å²) < 4.78 is 59.7. The predicted octanol–water partition coefficient (Wildman–Crippen LogP) is 1.78. The monoisotopic (exact) mass is 504 g/mol. The molecule has 2 N–H and O–H groups in total. The van der Waals surface area contributed by atoms with Gasteiger partial charge in [-0.05, 0) is 49.4 Å². The molecule has 1 atom stereocenters. The number of hydrogen-bond acceptors (Lipinski definition) is 8. The van der Waals surface area contributed by atoms with E-state index in [1.54, 1.807) is 6.92 Å². The Labute approximate surface area is 191 Å². The third-order valence-electron chi connectivity index (χ3n) is 3.83. The maximum absolute atomic E-state index is 12.7. The molecule has 0 aliphatic heterocycles. The lowest BCUT2D eigenvalue weighted by Crippen LogP contribution is -2.47. The standard InChI is InChI=1S/C19H21ClN2O8S2/c1-3-29-19(24)13-5-4-6-15(11-13)21-18(23)17(12-30-31(2,25)26)22-32(27,28)16-9-7-14(20)8-10-16/h4-11,17,22H,3,12H2,1-2H3,(H,21,23). The Morgan fingerprint density at radius 1 is 1.06 bits per heavy atom. The highest BCUT2D eigenvalue weighted by Crippen LogP contribution is 2.16. The fourth-order valence-corrected chi connectivity index (χ4v) is 4.08. The van der Waals surface area contributed by atoms with E-state index in [1.165, 1.54) is 48.5 Å². The second-order valence-electron chi connectivity index (χ2n) is 6.41. The largest absolute Gasteiger partial charge is 0.462 e. The number of ether oxygens (including phenoxy) is 1. The van der Waals surface area contributed by atoms with Crippen molar-refractivity contribution in [1.82, 2.24) is 4.72 Å². The SMILES string of the molecule is CCOC(=O)c1cccc(NC(=O)C(COS(C)(=O)=O)NS(=O)(=O)c2ccc(Cl)cc2)c1. The van der Waals surface area contributed by atoms with Crippen LogP contribution >= 0.6 is 11.6 Å². The van der Waals surface area contributed by atoms with E-state index in [0.717, 1.165) is 6.26 Å². The molecule has 0 saturated heterocycles. The third kappa shape index (κ3) is 7.88. The van der Waals surface area contributed by atoms with E-state index < -0.39 is 44.7 Å². The second kappa shape index (κ2) is 10.9. The van der Waals surface area contributed by atoms with Crippen LogP contribution in [0.3, 0.4) is 0 Å². The Morgan fingerprint density at radius 3 is 2.31 bits per heavy atom. The first-order valence-corrected chi connectivity index (χ1v) is 12.8. The maximum Gasteiger partial charge on any atom is 0.338 e. The normalized spacial score (nSPS) is 12.7. The molecule has 0 aliphatic rings. The fraction of sp³-hybridized carbons (Fsp3) is 0.263. The zero-order valence-corrected chi connectivity index (χ0v) is 19.5. The Morgan fingerprint density at radius 2 is 1.72 bits per heavy atom. The lowest BCUT2D eigenvalue weighted by atomic mass is 10.2. The minimum atomic E-state index is -4.23. The molecular weight excluding hydrogens is 484 g/mol. The number of carbonyl (C=O) groups excluding carboxylic acids is 2. The molecule has 13 heteroatoms. The third-order valence-corrected chi connectivity index (χ3v) is 6.13. The van der Waals surface area contributed by atoms with Crippen LogP contribution in [0.1, 0.15) is 17.3 Å². The zero-order chi connectivity index (χ0) is 23.9. The summed E-state index contributed by atoms with van der Waals surface area (Å²) in [6.07, 6.45) is 0.762. The number of halogens is 1. The molecule has 1 amide bonds. The van der Waals surface area contributed by atoms with Crippen molar-refractivity contribution in [1.29, 1.82) is 0 Å². The quantitative estimate of drug-likeness (QED) is 0.368. The molecule has 0 bridgehead atoms. The number of rotatable bonds is 10. The Kier molecular flexibility index (Phi) is 8.75. The topological polar surface area (TPSA) is 145 Å². The number of amides is 1. The van der Waals surface area contributed by atoms with Gasteiger partial charge >= 0.3 is 5.97 Å². The van der Waals surface area contributed by atoms with Gasteiger partial charge in [-0.15, -0.1) is 0 Å². The molecule has 0 radical (unpaired) electrons. The summed E-state index contributed by atoms with van der Waals surface area (Å²) in [7, 11) is -8.20. The molecule has 1 unspecified atom stereocenters. The van der Waals surface area contributed by atoms with E-state index in [1.807, 2.05) is 0 Å². The lowest BCUT2D eigenvalue weighted by Gasteiger charge is -2.18. The molecule has 0 heterocycles. The van der Waals surface area contributed by atoms with Gasteiger partial charge in [0.25, 0.3) is 10.1 Å². The summed E-state index contributed by atoms with van der Waals surface area (Å²) >= 11 is 5.76. The van der Waals surface area contributed by atoms with Crippen molar-refractivity contribution in [3.63, 3.8) is 0 Å². The highest BCUT2D eigenvalue weighted by Gasteiger charge is 2.28. The minimum absolute atomic E-state index is 0.160. The van der Waals surface area contributed by atoms with E-state index in [2.05, 4.69) is 14.2 Å². The van der Waals surface area contributed by atoms with Crippen molar-refractivity contribution in [2.75, 3.05) is 24.8 Å². The minimum Gasteiger partial charge on any atom is -0.462 e. The highest BCUT2D eigenvalue weighted by atomic mass is 35.5. The first-order valence-electron chi connectivity index (χ1n) is 9.11. The lowest BCUT2D eigenvalue weighted by molar-refractivity contribution is -0.118. The van der Waals surface area contributed by atoms with Gasteiger partial charge in [-0.1, -0.05) is 17.7 Å². The molecule has 0 saturated carbocycles. The summed E-state index contributed by atoms with van der Waals surface area (Å²) in [4.78, 5) is 24.4. The Bertz CT molecular complexity index is 1180. The number of carbonyl (C=O) groups is 2. The van der Waals surface area contributed by atoms with Gasteiger partial charge in [0.15, 0.2) is 0 Å². The molecule has 0 fully saturated rings. The summed E-state index contributed by atoms with van der Waals surface area (Å²) in [6, 6.07) is 9.28. The van der Waals surface area contributed by atoms with Crippen LogP contribution in [0, 0.1) is 0 Å². The zero-order valence-electron chi connectivity index (χ0n) is 17.1. The second-order valence-corrected chi connectivity index (χ2v) is 10.2. The van der Waals surface area contributed by atoms with E-state index in [9.17, 15) is 26.4 Å². The average molecular weight is 505 g/mol. The summed E-state index contributed by atoms with van der Waals surface area (Å²) in [5, 5.41) is 2.73. The van der Waals surface area contributed by atoms with Gasteiger partial charge in [-0.25, -0.2) is 13.2 Å². The van der Waals surface area contributed by atoms with Crippen LogP contribution in [0.4, 0.5) is 5.69 Å². The van der Waals surface area contributed by atoms with E-state index >= 15 is 0 Å². The molecule has 2 aromatic carbocycles. The predicted molar refractivity (Wildman–Crippen MR) is 117 cm³/mol. The smallest absolute Gasteiger partial charge is 0.338 e. The van der Waals surface area contributed by atoms with Crippen LogP contribution in [-0.4, -0.2) is 54.2 Å². The molecule has 32 heavy (non-hydrogen) atoms. The van der Waals surface area contributed by atoms with Crippen molar-refractivity contribution >= 4 is 49.3 Å². The Balaban J connectivity index is 2.26. The molecule has 2 aromatic rings. The Hall–Kier alpha value is -2.51. The molecule has 10 nitrogen and oxygen atoms in total. The van der Waals surface area contributed by atoms with Crippen molar-refractivity contribution in [3.05, 3.63) is 59.1 Å². The first-order chi connectivity index (χ1) is 14.9. The summed E-state index contributed by atoms with van der Waals surface area (Å²) in [6.45, 7) is 1.00. The molecular formula is C19H21ClN2O8S2. The highest BCUT2D eigenvalue weighted by molar-refractivity contribution is 7.89. The summed E-state index contributed by atoms with van der Waals surface area (Å²) in [5.41, 5.74) is 0.325. The van der Waals surface area contributed by atoms with Gasteiger partial charge < -0.3 is 10.1 Å². The van der Waals surface area contributed by atoms with Crippen molar-refractivity contribution < 1.29 is 35.3 Å². The number of benzene rings is 2. The van der Waals surface area contributed by atoms with Crippen molar-refractivity contribution in [3.8, 4) is 0 Å². The maximum atomic E-state index is 12.7. The number of sulfonamides is 1. The van der Waals surface area contributed by atoms with E-state index in [-0.39, 0.29) is 22.8 Å². The molecule has 2 rings (SSSR count). The van der Waals surface area contributed by atoms with Gasteiger partial charge in [0.2, 0.25) is 15.9 Å². The van der Waals surface area contributed by atoms with Crippen LogP contribution in [0.5, 0.6) is 0 Å². The number of anilines is 1. The first kappa shape index (κ1) is 25.7. The fourth-order valence-electron chi connectivity index (χ4n) is 2.39. The van der Waals surface area contributed by atoms with E-state index in [0.29, 0.717) is 5.02 Å². The number of hydrogen-bond donors (Lipinski definition) is 2. The van der Waals surface area contributed by atoms with Crippen molar-refractivity contribution in [2.24, 2.45) is 0 Å². The number of esters is 1. The van der Waals surface area contributed by atoms with Crippen LogP contribution < -0.4 is 10.0 Å². The molecule has 174 valence electrons. The van der Waals surface area contributed by atoms with Gasteiger partial charge in [0.05, 0.1) is 29.9 Å². The summed E-state index contributed by atoms with van der Waals surface area (Å²) in [5.74, 6) is -1.52. The van der Waals surface area contributed by atoms with E-state index in [4.69, 9.17) is 16.3 Å². The molecule has 0 aliphatic carbocycles. The van der Waals surface area contributed by atoms with Crippen molar-refractivity contribution in [2.45, 2.75) is 17.9 Å². The average Bonchev–Trinajstić information content (AvgIpc) is 2.71. The van der Waals surface area contributed by atoms with Crippen LogP contribution in [0.15, 0.2) is 53.4 Å². The van der Waals surface area contributed by atoms with Crippen LogP contribution in [0.2, 0.25) is 5.02 Å².